The van der Waals surface area contributed by atoms with E-state index in [-0.39, 0.29) is 6.03 Å². The molecule has 2 rings (SSSR count). The molecule has 19 heavy (non-hydrogen) atoms. The van der Waals surface area contributed by atoms with Gasteiger partial charge in [0.05, 0.1) is 0 Å². The van der Waals surface area contributed by atoms with Crippen LogP contribution in [0.15, 0.2) is 30.3 Å². The number of hydrogen-bond donors (Lipinski definition) is 1. The lowest BCUT2D eigenvalue weighted by Gasteiger charge is -2.23. The van der Waals surface area contributed by atoms with Crippen molar-refractivity contribution in [3.8, 4) is 0 Å². The molecule has 0 bridgehead atoms. The van der Waals surface area contributed by atoms with Crippen LogP contribution in [0.1, 0.15) is 18.9 Å². The lowest BCUT2D eigenvalue weighted by molar-refractivity contribution is -0.142. The molecule has 1 N–H and O–H groups in total. The van der Waals surface area contributed by atoms with Crippen LogP contribution in [0, 0.1) is 0 Å². The first-order valence-corrected chi connectivity index (χ1v) is 6.45. The molecule has 1 aliphatic rings. The van der Waals surface area contributed by atoms with E-state index in [4.69, 9.17) is 5.11 Å². The standard InChI is InChI=1S/C14H18N2O3/c1-2-12(13(17)18)16-9-8-15(14(16)19)10-11-6-4-3-5-7-11/h3-7,12H,2,8-10H2,1H3,(H,17,18). The van der Waals surface area contributed by atoms with Crippen LogP contribution < -0.4 is 0 Å². The van der Waals surface area contributed by atoms with Gasteiger partial charge in [0.1, 0.15) is 6.04 Å². The number of rotatable bonds is 5. The van der Waals surface area contributed by atoms with E-state index in [2.05, 4.69) is 0 Å². The number of nitrogens with zero attached hydrogens (tertiary/aromatic N) is 2. The van der Waals surface area contributed by atoms with Gasteiger partial charge in [-0.1, -0.05) is 37.3 Å². The lowest BCUT2D eigenvalue weighted by atomic mass is 10.2. The maximum Gasteiger partial charge on any atom is 0.326 e. The number of carboxylic acid groups (broad SMARTS) is 1. The number of carbonyl (C=O) groups excluding carboxylic acids is 1. The first-order chi connectivity index (χ1) is 9.13. The fourth-order valence-corrected chi connectivity index (χ4v) is 2.37. The number of amides is 2. The normalized spacial score (nSPS) is 16.8. The van der Waals surface area contributed by atoms with Gasteiger partial charge in [0.15, 0.2) is 0 Å². The summed E-state index contributed by atoms with van der Waals surface area (Å²) < 4.78 is 0. The molecule has 1 aromatic carbocycles. The summed E-state index contributed by atoms with van der Waals surface area (Å²) in [5.74, 6) is -0.933. The molecule has 102 valence electrons. The number of benzene rings is 1. The molecule has 1 heterocycles. The maximum absolute atomic E-state index is 12.2. The van der Waals surface area contributed by atoms with Crippen LogP contribution in [0.25, 0.3) is 0 Å². The second kappa shape index (κ2) is 5.73. The van der Waals surface area contributed by atoms with E-state index in [1.54, 1.807) is 11.8 Å². The Morgan fingerprint density at radius 2 is 2.00 bits per heavy atom. The topological polar surface area (TPSA) is 60.9 Å². The van der Waals surface area contributed by atoms with Crippen molar-refractivity contribution in [3.63, 3.8) is 0 Å². The summed E-state index contributed by atoms with van der Waals surface area (Å²) in [6.07, 6.45) is 0.431. The highest BCUT2D eigenvalue weighted by atomic mass is 16.4. The highest BCUT2D eigenvalue weighted by Gasteiger charge is 2.36. The van der Waals surface area contributed by atoms with Crippen LogP contribution in [0.2, 0.25) is 0 Å². The molecular formula is C14H18N2O3. The Hall–Kier alpha value is -2.04. The van der Waals surface area contributed by atoms with E-state index in [0.29, 0.717) is 26.1 Å². The van der Waals surface area contributed by atoms with Gasteiger partial charge in [-0.15, -0.1) is 0 Å². The van der Waals surface area contributed by atoms with E-state index >= 15 is 0 Å². The predicted molar refractivity (Wildman–Crippen MR) is 70.7 cm³/mol. The van der Waals surface area contributed by atoms with E-state index in [1.165, 1.54) is 4.90 Å². The van der Waals surface area contributed by atoms with Crippen LogP contribution in [-0.2, 0) is 11.3 Å². The summed E-state index contributed by atoms with van der Waals surface area (Å²) in [6.45, 7) is 3.38. The molecule has 0 saturated carbocycles. The number of carboxylic acids is 1. The number of aliphatic carboxylic acids is 1. The molecule has 5 heteroatoms. The Kier molecular flexibility index (Phi) is 4.04. The van der Waals surface area contributed by atoms with Crippen LogP contribution in [-0.4, -0.2) is 46.0 Å². The summed E-state index contributed by atoms with van der Waals surface area (Å²) >= 11 is 0. The van der Waals surface area contributed by atoms with Gasteiger partial charge < -0.3 is 14.9 Å². The second-order valence-corrected chi connectivity index (χ2v) is 4.65. The zero-order valence-electron chi connectivity index (χ0n) is 11.0. The van der Waals surface area contributed by atoms with Gasteiger partial charge in [0.2, 0.25) is 0 Å². The van der Waals surface area contributed by atoms with E-state index in [9.17, 15) is 9.59 Å². The highest BCUT2D eigenvalue weighted by Crippen LogP contribution is 2.17. The molecule has 0 radical (unpaired) electrons. The summed E-state index contributed by atoms with van der Waals surface area (Å²) in [7, 11) is 0. The second-order valence-electron chi connectivity index (χ2n) is 4.65. The average Bonchev–Trinajstić information content (AvgIpc) is 2.74. The lowest BCUT2D eigenvalue weighted by Crippen LogP contribution is -2.43. The summed E-state index contributed by atoms with van der Waals surface area (Å²) in [5.41, 5.74) is 1.06. The van der Waals surface area contributed by atoms with Gasteiger partial charge in [-0.2, -0.15) is 0 Å². The summed E-state index contributed by atoms with van der Waals surface area (Å²) in [4.78, 5) is 26.5. The van der Waals surface area contributed by atoms with E-state index < -0.39 is 12.0 Å². The fraction of sp³-hybridized carbons (Fsp3) is 0.429. The third-order valence-electron chi connectivity index (χ3n) is 3.39. The third kappa shape index (κ3) is 2.86. The van der Waals surface area contributed by atoms with Crippen molar-refractivity contribution in [2.45, 2.75) is 25.9 Å². The first-order valence-electron chi connectivity index (χ1n) is 6.45. The number of hydrogen-bond acceptors (Lipinski definition) is 2. The summed E-state index contributed by atoms with van der Waals surface area (Å²) in [5, 5.41) is 9.12. The smallest absolute Gasteiger partial charge is 0.326 e. The van der Waals surface area contributed by atoms with Crippen molar-refractivity contribution < 1.29 is 14.7 Å². The molecule has 1 atom stereocenters. The Morgan fingerprint density at radius 1 is 1.32 bits per heavy atom. The van der Waals surface area contributed by atoms with Crippen LogP contribution in [0.4, 0.5) is 4.79 Å². The third-order valence-corrected chi connectivity index (χ3v) is 3.39. The van der Waals surface area contributed by atoms with Crippen molar-refractivity contribution in [1.82, 2.24) is 9.80 Å². The van der Waals surface area contributed by atoms with Crippen molar-refractivity contribution in [1.29, 1.82) is 0 Å². The predicted octanol–water partition coefficient (Wildman–Crippen LogP) is 1.79. The molecule has 0 spiro atoms. The van der Waals surface area contributed by atoms with Gasteiger partial charge >= 0.3 is 12.0 Å². The van der Waals surface area contributed by atoms with Gasteiger partial charge in [-0.05, 0) is 12.0 Å². The molecule has 1 unspecified atom stereocenters. The van der Waals surface area contributed by atoms with Crippen LogP contribution in [0.3, 0.4) is 0 Å². The quantitative estimate of drug-likeness (QED) is 0.880. The zero-order valence-corrected chi connectivity index (χ0v) is 11.0. The monoisotopic (exact) mass is 262 g/mol. The van der Waals surface area contributed by atoms with Crippen molar-refractivity contribution in [3.05, 3.63) is 35.9 Å². The van der Waals surface area contributed by atoms with Crippen LogP contribution >= 0.6 is 0 Å². The molecule has 1 fully saturated rings. The SMILES string of the molecule is CCC(C(=O)O)N1CCN(Cc2ccccc2)C1=O. The zero-order chi connectivity index (χ0) is 13.8. The van der Waals surface area contributed by atoms with E-state index in [0.717, 1.165) is 5.56 Å². The molecular weight excluding hydrogens is 244 g/mol. The Balaban J connectivity index is 2.04. The summed E-state index contributed by atoms with van der Waals surface area (Å²) in [6, 6.07) is 8.82. The van der Waals surface area contributed by atoms with E-state index in [1.807, 2.05) is 30.3 Å². The van der Waals surface area contributed by atoms with Crippen LogP contribution in [0.5, 0.6) is 0 Å². The molecule has 2 amide bonds. The average molecular weight is 262 g/mol. The van der Waals surface area contributed by atoms with Crippen molar-refractivity contribution in [2.24, 2.45) is 0 Å². The Morgan fingerprint density at radius 3 is 2.58 bits per heavy atom. The number of urea groups is 1. The largest absolute Gasteiger partial charge is 0.480 e. The van der Waals surface area contributed by atoms with Gasteiger partial charge in [-0.25, -0.2) is 9.59 Å². The molecule has 1 saturated heterocycles. The minimum Gasteiger partial charge on any atom is -0.480 e. The Labute approximate surface area is 112 Å². The van der Waals surface area contributed by atoms with Crippen molar-refractivity contribution >= 4 is 12.0 Å². The van der Waals surface area contributed by atoms with Gasteiger partial charge in [0, 0.05) is 19.6 Å². The van der Waals surface area contributed by atoms with Gasteiger partial charge in [0.25, 0.3) is 0 Å². The molecule has 1 aliphatic heterocycles. The molecule has 1 aromatic rings. The maximum atomic E-state index is 12.2. The van der Waals surface area contributed by atoms with Gasteiger partial charge in [-0.3, -0.25) is 0 Å². The Bertz CT molecular complexity index is 461. The first kappa shape index (κ1) is 13.4. The fourth-order valence-electron chi connectivity index (χ4n) is 2.37. The molecule has 0 aliphatic carbocycles. The van der Waals surface area contributed by atoms with Crippen molar-refractivity contribution in [2.75, 3.05) is 13.1 Å². The molecule has 5 nitrogen and oxygen atoms in total. The minimum atomic E-state index is -0.933. The minimum absolute atomic E-state index is 0.182. The molecule has 0 aromatic heterocycles. The highest BCUT2D eigenvalue weighted by molar-refractivity contribution is 5.84. The number of carbonyl (C=O) groups is 2.